The van der Waals surface area contributed by atoms with Gasteiger partial charge < -0.3 is 9.42 Å². The van der Waals surface area contributed by atoms with Crippen LogP contribution in [-0.4, -0.2) is 34.0 Å². The molecule has 1 saturated heterocycles. The first-order valence-electron chi connectivity index (χ1n) is 8.25. The Morgan fingerprint density at radius 2 is 2.04 bits per heavy atom. The summed E-state index contributed by atoms with van der Waals surface area (Å²) in [6, 6.07) is 13.3. The van der Waals surface area contributed by atoms with E-state index in [1.54, 1.807) is 4.90 Å². The molecule has 1 aliphatic rings. The number of hydrogen-bond acceptors (Lipinski definition) is 4. The second-order valence-electron chi connectivity index (χ2n) is 6.18. The standard InChI is InChI=1S/C19H15ClFN3O2/c20-16-7-6-14(21)10-15(16)19(25)24-9-8-13(11-24)17-22-18(26-23-17)12-4-2-1-3-5-12/h1-7,10,13H,8-9,11H2/t13-/m1/s1. The Morgan fingerprint density at radius 1 is 1.23 bits per heavy atom. The van der Waals surface area contributed by atoms with Gasteiger partial charge >= 0.3 is 0 Å². The Labute approximate surface area is 154 Å². The van der Waals surface area contributed by atoms with Gasteiger partial charge in [0.05, 0.1) is 10.6 Å². The molecule has 2 aromatic carbocycles. The third-order valence-electron chi connectivity index (χ3n) is 4.46. The van der Waals surface area contributed by atoms with Crippen LogP contribution in [0, 0.1) is 5.82 Å². The molecule has 26 heavy (non-hydrogen) atoms. The Morgan fingerprint density at radius 3 is 2.85 bits per heavy atom. The molecule has 1 aromatic heterocycles. The number of nitrogens with zero attached hydrogens (tertiary/aromatic N) is 3. The fraction of sp³-hybridized carbons (Fsp3) is 0.211. The molecule has 1 atom stereocenters. The highest BCUT2D eigenvalue weighted by molar-refractivity contribution is 6.33. The molecule has 0 N–H and O–H groups in total. The number of halogens is 2. The maximum atomic E-state index is 13.4. The van der Waals surface area contributed by atoms with Gasteiger partial charge in [0.2, 0.25) is 0 Å². The summed E-state index contributed by atoms with van der Waals surface area (Å²) in [5.41, 5.74) is 1.02. The molecule has 0 spiro atoms. The summed E-state index contributed by atoms with van der Waals surface area (Å²) in [6.45, 7) is 0.977. The van der Waals surface area contributed by atoms with E-state index in [9.17, 15) is 9.18 Å². The van der Waals surface area contributed by atoms with E-state index in [2.05, 4.69) is 10.1 Å². The quantitative estimate of drug-likeness (QED) is 0.693. The van der Waals surface area contributed by atoms with Crippen LogP contribution in [0.2, 0.25) is 5.02 Å². The zero-order valence-electron chi connectivity index (χ0n) is 13.7. The fourth-order valence-electron chi connectivity index (χ4n) is 3.09. The van der Waals surface area contributed by atoms with Crippen molar-refractivity contribution in [2.24, 2.45) is 0 Å². The van der Waals surface area contributed by atoms with E-state index in [0.29, 0.717) is 31.2 Å². The molecule has 7 heteroatoms. The molecule has 0 aliphatic carbocycles. The van der Waals surface area contributed by atoms with E-state index in [-0.39, 0.29) is 22.4 Å². The van der Waals surface area contributed by atoms with Gasteiger partial charge in [-0.3, -0.25) is 4.79 Å². The summed E-state index contributed by atoms with van der Waals surface area (Å²) in [7, 11) is 0. The fourth-order valence-corrected chi connectivity index (χ4v) is 3.28. The van der Waals surface area contributed by atoms with Gasteiger partial charge in [-0.25, -0.2) is 4.39 Å². The van der Waals surface area contributed by atoms with Gasteiger partial charge in [0.1, 0.15) is 5.82 Å². The maximum absolute atomic E-state index is 13.4. The van der Waals surface area contributed by atoms with Crippen molar-refractivity contribution in [1.82, 2.24) is 15.0 Å². The minimum absolute atomic E-state index is 0.0208. The largest absolute Gasteiger partial charge is 0.338 e. The van der Waals surface area contributed by atoms with E-state index in [0.717, 1.165) is 5.56 Å². The summed E-state index contributed by atoms with van der Waals surface area (Å²) < 4.78 is 18.8. The zero-order valence-corrected chi connectivity index (χ0v) is 14.5. The smallest absolute Gasteiger partial charge is 0.257 e. The van der Waals surface area contributed by atoms with Crippen molar-refractivity contribution in [2.75, 3.05) is 13.1 Å². The van der Waals surface area contributed by atoms with E-state index in [1.807, 2.05) is 30.3 Å². The Hall–Kier alpha value is -2.73. The SMILES string of the molecule is O=C(c1cc(F)ccc1Cl)N1CC[C@@H](c2noc(-c3ccccc3)n2)C1. The van der Waals surface area contributed by atoms with E-state index >= 15 is 0 Å². The molecule has 0 radical (unpaired) electrons. The Kier molecular flexibility index (Phi) is 4.42. The number of carbonyl (C=O) groups is 1. The number of amides is 1. The van der Waals surface area contributed by atoms with Crippen LogP contribution in [0.15, 0.2) is 53.1 Å². The lowest BCUT2D eigenvalue weighted by molar-refractivity contribution is 0.0790. The molecule has 4 rings (SSSR count). The maximum Gasteiger partial charge on any atom is 0.257 e. The van der Waals surface area contributed by atoms with Crippen LogP contribution in [-0.2, 0) is 0 Å². The van der Waals surface area contributed by atoms with Crippen molar-refractivity contribution in [3.05, 3.63) is 70.8 Å². The van der Waals surface area contributed by atoms with E-state index in [1.165, 1.54) is 18.2 Å². The van der Waals surface area contributed by atoms with Gasteiger partial charge in [0.15, 0.2) is 5.82 Å². The lowest BCUT2D eigenvalue weighted by Crippen LogP contribution is -2.28. The van der Waals surface area contributed by atoms with Gasteiger partial charge in [-0.15, -0.1) is 0 Å². The highest BCUT2D eigenvalue weighted by Gasteiger charge is 2.32. The predicted octanol–water partition coefficient (Wildman–Crippen LogP) is 4.16. The van der Waals surface area contributed by atoms with Crippen molar-refractivity contribution < 1.29 is 13.7 Å². The summed E-state index contributed by atoms with van der Waals surface area (Å²) in [6.07, 6.45) is 0.715. The number of likely N-dealkylation sites (tertiary alicyclic amines) is 1. The average Bonchev–Trinajstić information content (AvgIpc) is 3.33. The molecule has 2 heterocycles. The van der Waals surface area contributed by atoms with Crippen molar-refractivity contribution >= 4 is 17.5 Å². The van der Waals surface area contributed by atoms with Crippen LogP contribution in [0.4, 0.5) is 4.39 Å². The predicted molar refractivity (Wildman–Crippen MR) is 94.4 cm³/mol. The van der Waals surface area contributed by atoms with Crippen LogP contribution in [0.5, 0.6) is 0 Å². The Bertz CT molecular complexity index is 945. The molecule has 5 nitrogen and oxygen atoms in total. The molecule has 1 amide bonds. The molecule has 0 bridgehead atoms. The molecule has 1 fully saturated rings. The van der Waals surface area contributed by atoms with Gasteiger partial charge in [0.25, 0.3) is 11.8 Å². The van der Waals surface area contributed by atoms with Crippen LogP contribution < -0.4 is 0 Å². The van der Waals surface area contributed by atoms with Gasteiger partial charge in [-0.05, 0) is 36.8 Å². The second-order valence-corrected chi connectivity index (χ2v) is 6.59. The van der Waals surface area contributed by atoms with Crippen molar-refractivity contribution in [1.29, 1.82) is 0 Å². The highest BCUT2D eigenvalue weighted by atomic mass is 35.5. The minimum atomic E-state index is -0.487. The van der Waals surface area contributed by atoms with Crippen molar-refractivity contribution in [3.63, 3.8) is 0 Å². The number of carbonyl (C=O) groups excluding carboxylic acids is 1. The molecule has 0 saturated carbocycles. The van der Waals surface area contributed by atoms with Crippen LogP contribution >= 0.6 is 11.6 Å². The van der Waals surface area contributed by atoms with Gasteiger partial charge in [-0.2, -0.15) is 4.98 Å². The monoisotopic (exact) mass is 371 g/mol. The summed E-state index contributed by atoms with van der Waals surface area (Å²) in [5, 5.41) is 4.30. The first-order valence-corrected chi connectivity index (χ1v) is 8.63. The third-order valence-corrected chi connectivity index (χ3v) is 4.79. The number of aromatic nitrogens is 2. The lowest BCUT2D eigenvalue weighted by Gasteiger charge is -2.16. The average molecular weight is 372 g/mol. The molecule has 0 unspecified atom stereocenters. The number of rotatable bonds is 3. The summed E-state index contributed by atoms with van der Waals surface area (Å²) >= 11 is 6.04. The normalized spacial score (nSPS) is 16.8. The van der Waals surface area contributed by atoms with Crippen LogP contribution in [0.3, 0.4) is 0 Å². The molecule has 132 valence electrons. The van der Waals surface area contributed by atoms with Crippen LogP contribution in [0.1, 0.15) is 28.5 Å². The topological polar surface area (TPSA) is 59.2 Å². The molecular formula is C19H15ClFN3O2. The second kappa shape index (κ2) is 6.88. The van der Waals surface area contributed by atoms with Crippen LogP contribution in [0.25, 0.3) is 11.5 Å². The summed E-state index contributed by atoms with van der Waals surface area (Å²) in [5.74, 6) is 0.235. The van der Waals surface area contributed by atoms with Crippen molar-refractivity contribution in [3.8, 4) is 11.5 Å². The first-order chi connectivity index (χ1) is 12.6. The lowest BCUT2D eigenvalue weighted by atomic mass is 10.1. The molecular weight excluding hydrogens is 357 g/mol. The summed E-state index contributed by atoms with van der Waals surface area (Å²) in [4.78, 5) is 18.7. The minimum Gasteiger partial charge on any atom is -0.338 e. The molecule has 1 aliphatic heterocycles. The Balaban J connectivity index is 1.50. The number of hydrogen-bond donors (Lipinski definition) is 0. The number of benzene rings is 2. The highest BCUT2D eigenvalue weighted by Crippen LogP contribution is 2.29. The van der Waals surface area contributed by atoms with E-state index < -0.39 is 5.82 Å². The molecule has 3 aromatic rings. The van der Waals surface area contributed by atoms with E-state index in [4.69, 9.17) is 16.1 Å². The van der Waals surface area contributed by atoms with Crippen molar-refractivity contribution in [2.45, 2.75) is 12.3 Å². The third kappa shape index (κ3) is 3.20. The van der Waals surface area contributed by atoms with Gasteiger partial charge in [-0.1, -0.05) is 35.0 Å². The zero-order chi connectivity index (χ0) is 18.1. The first kappa shape index (κ1) is 16.7. The van der Waals surface area contributed by atoms with Gasteiger partial charge in [0, 0.05) is 24.6 Å².